The molecule has 1 aromatic carbocycles. The minimum atomic E-state index is -0.591. The van der Waals surface area contributed by atoms with E-state index in [9.17, 15) is 19.5 Å². The van der Waals surface area contributed by atoms with Crippen molar-refractivity contribution in [2.24, 2.45) is 11.3 Å². The highest BCUT2D eigenvalue weighted by atomic mass is 35.5. The van der Waals surface area contributed by atoms with Gasteiger partial charge in [0.15, 0.2) is 5.78 Å². The predicted octanol–water partition coefficient (Wildman–Crippen LogP) is 4.51. The third-order valence-corrected chi connectivity index (χ3v) is 6.30. The molecule has 1 aliphatic heterocycles. The number of halogens is 1. The number of amides is 2. The number of benzene rings is 1. The summed E-state index contributed by atoms with van der Waals surface area (Å²) in [7, 11) is 0. The van der Waals surface area contributed by atoms with Crippen molar-refractivity contribution in [2.75, 3.05) is 13.2 Å². The second-order valence-electron chi connectivity index (χ2n) is 11.0. The lowest BCUT2D eigenvalue weighted by atomic mass is 9.80. The number of ketones is 1. The average Bonchev–Trinajstić information content (AvgIpc) is 3.19. The molecule has 2 amide bonds. The Morgan fingerprint density at radius 2 is 1.85 bits per heavy atom. The van der Waals surface area contributed by atoms with Gasteiger partial charge in [-0.25, -0.2) is 4.79 Å². The number of ether oxygens (including phenoxy) is 1. The quantitative estimate of drug-likeness (QED) is 0.554. The van der Waals surface area contributed by atoms with Gasteiger partial charge in [0, 0.05) is 24.5 Å². The van der Waals surface area contributed by atoms with E-state index in [4.69, 9.17) is 16.3 Å². The zero-order valence-corrected chi connectivity index (χ0v) is 22.0. The molecule has 0 aromatic heterocycles. The van der Waals surface area contributed by atoms with Gasteiger partial charge in [0.05, 0.1) is 18.6 Å². The Kier molecular flexibility index (Phi) is 9.54. The van der Waals surface area contributed by atoms with Gasteiger partial charge >= 0.3 is 6.09 Å². The molecule has 2 rings (SSSR count). The van der Waals surface area contributed by atoms with E-state index in [0.29, 0.717) is 24.4 Å². The van der Waals surface area contributed by atoms with E-state index >= 15 is 0 Å². The Morgan fingerprint density at radius 3 is 2.44 bits per heavy atom. The van der Waals surface area contributed by atoms with E-state index in [1.165, 1.54) is 0 Å². The summed E-state index contributed by atoms with van der Waals surface area (Å²) in [4.78, 5) is 39.9. The number of Topliss-reactive ketones (excluding diaryl/α,β-unsaturated/α-hetero) is 1. The standard InChI is InChI=1S/C26H39ClN2O5/c1-25(2,3)20(16-30)23(32)29-13-7-8-21(29)22(31)12-10-17-14-19(27)11-9-18(17)15-28-24(33)34-26(4,5)6/h9,11,14,20-21,30H,7-8,10,12-13,15-16H2,1-6H3,(H,28,33)/t20-,21-/m0/s1. The van der Waals surface area contributed by atoms with Crippen LogP contribution in [0.25, 0.3) is 0 Å². The van der Waals surface area contributed by atoms with Crippen molar-refractivity contribution in [1.29, 1.82) is 0 Å². The van der Waals surface area contributed by atoms with Gasteiger partial charge in [-0.3, -0.25) is 9.59 Å². The molecule has 1 fully saturated rings. The van der Waals surface area contributed by atoms with E-state index in [-0.39, 0.29) is 31.3 Å². The number of hydrogen-bond acceptors (Lipinski definition) is 5. The van der Waals surface area contributed by atoms with Crippen molar-refractivity contribution in [3.8, 4) is 0 Å². The molecule has 1 aromatic rings. The summed E-state index contributed by atoms with van der Waals surface area (Å²) >= 11 is 6.19. The average molecular weight is 495 g/mol. The maximum Gasteiger partial charge on any atom is 0.407 e. The maximum absolute atomic E-state index is 13.1. The van der Waals surface area contributed by atoms with E-state index in [2.05, 4.69) is 5.32 Å². The van der Waals surface area contributed by atoms with Crippen LogP contribution in [-0.2, 0) is 27.3 Å². The number of nitrogens with one attached hydrogen (secondary N) is 1. The van der Waals surface area contributed by atoms with Gasteiger partial charge in [-0.15, -0.1) is 0 Å². The first-order chi connectivity index (χ1) is 15.7. The number of hydrogen-bond donors (Lipinski definition) is 2. The Bertz CT molecular complexity index is 888. The highest BCUT2D eigenvalue weighted by molar-refractivity contribution is 6.30. The number of alkyl carbamates (subject to hydrolysis) is 1. The fourth-order valence-electron chi connectivity index (χ4n) is 4.19. The molecule has 34 heavy (non-hydrogen) atoms. The van der Waals surface area contributed by atoms with Gasteiger partial charge in [-0.05, 0) is 68.7 Å². The molecule has 7 nitrogen and oxygen atoms in total. The summed E-state index contributed by atoms with van der Waals surface area (Å²) in [5.41, 5.74) is 0.747. The van der Waals surface area contributed by atoms with Crippen LogP contribution in [-0.4, -0.2) is 52.6 Å². The first kappa shape index (κ1) is 28.1. The summed E-state index contributed by atoms with van der Waals surface area (Å²) in [5, 5.41) is 13.1. The molecule has 1 heterocycles. The van der Waals surface area contributed by atoms with Crippen LogP contribution < -0.4 is 5.32 Å². The molecular formula is C26H39ClN2O5. The van der Waals surface area contributed by atoms with Gasteiger partial charge < -0.3 is 20.1 Å². The minimum absolute atomic E-state index is 0.00229. The topological polar surface area (TPSA) is 95.9 Å². The molecule has 2 N–H and O–H groups in total. The third kappa shape index (κ3) is 7.98. The summed E-state index contributed by atoms with van der Waals surface area (Å²) in [5.74, 6) is -0.697. The van der Waals surface area contributed by atoms with Crippen LogP contribution in [0.5, 0.6) is 0 Å². The third-order valence-electron chi connectivity index (χ3n) is 6.06. The van der Waals surface area contributed by atoms with E-state index in [1.54, 1.807) is 37.8 Å². The van der Waals surface area contributed by atoms with Gasteiger partial charge in [0.25, 0.3) is 0 Å². The molecule has 1 aliphatic rings. The van der Waals surface area contributed by atoms with Gasteiger partial charge in [-0.2, -0.15) is 0 Å². The molecule has 0 spiro atoms. The van der Waals surface area contributed by atoms with Crippen LogP contribution >= 0.6 is 11.6 Å². The summed E-state index contributed by atoms with van der Waals surface area (Å²) in [6.07, 6.45) is 1.60. The molecule has 0 radical (unpaired) electrons. The van der Waals surface area contributed by atoms with Crippen LogP contribution in [0.4, 0.5) is 4.79 Å². The smallest absolute Gasteiger partial charge is 0.407 e. The highest BCUT2D eigenvalue weighted by Crippen LogP contribution is 2.31. The SMILES string of the molecule is CC(C)(C)OC(=O)NCc1ccc(Cl)cc1CCC(=O)[C@@H]1CCCN1C(=O)[C@H](CO)C(C)(C)C. The minimum Gasteiger partial charge on any atom is -0.444 e. The van der Waals surface area contributed by atoms with Crippen LogP contribution in [0.3, 0.4) is 0 Å². The van der Waals surface area contributed by atoms with Crippen LogP contribution in [0.1, 0.15) is 71.9 Å². The molecule has 8 heteroatoms. The zero-order valence-electron chi connectivity index (χ0n) is 21.2. The number of rotatable bonds is 8. The van der Waals surface area contributed by atoms with E-state index in [0.717, 1.165) is 17.5 Å². The Labute approximate surface area is 208 Å². The number of nitrogens with zero attached hydrogens (tertiary/aromatic N) is 1. The maximum atomic E-state index is 13.1. The van der Waals surface area contributed by atoms with Crippen molar-refractivity contribution < 1.29 is 24.2 Å². The molecular weight excluding hydrogens is 456 g/mol. The summed E-state index contributed by atoms with van der Waals surface area (Å²) < 4.78 is 5.29. The largest absolute Gasteiger partial charge is 0.444 e. The number of aliphatic hydroxyl groups excluding tert-OH is 1. The van der Waals surface area contributed by atoms with Crippen molar-refractivity contribution in [2.45, 2.75) is 85.4 Å². The fraction of sp³-hybridized carbons (Fsp3) is 0.654. The van der Waals surface area contributed by atoms with Crippen LogP contribution in [0, 0.1) is 11.3 Å². The number of carbonyl (C=O) groups is 3. The van der Waals surface area contributed by atoms with Crippen molar-refractivity contribution in [1.82, 2.24) is 10.2 Å². The van der Waals surface area contributed by atoms with Crippen LogP contribution in [0.2, 0.25) is 5.02 Å². The molecule has 1 saturated heterocycles. The van der Waals surface area contributed by atoms with E-state index in [1.807, 2.05) is 26.8 Å². The summed E-state index contributed by atoms with van der Waals surface area (Å²) in [6, 6.07) is 4.92. The Balaban J connectivity index is 2.05. The van der Waals surface area contributed by atoms with Crippen LogP contribution in [0.15, 0.2) is 18.2 Å². The molecule has 0 saturated carbocycles. The first-order valence-electron chi connectivity index (χ1n) is 11.9. The number of likely N-dealkylation sites (tertiary alicyclic amines) is 1. The monoisotopic (exact) mass is 494 g/mol. The molecule has 0 aliphatic carbocycles. The van der Waals surface area contributed by atoms with E-state index < -0.39 is 29.1 Å². The second kappa shape index (κ2) is 11.5. The zero-order chi connectivity index (χ0) is 25.7. The van der Waals surface area contributed by atoms with Crippen molar-refractivity contribution >= 4 is 29.4 Å². The Morgan fingerprint density at radius 1 is 1.18 bits per heavy atom. The highest BCUT2D eigenvalue weighted by Gasteiger charge is 2.40. The second-order valence-corrected chi connectivity index (χ2v) is 11.5. The first-order valence-corrected chi connectivity index (χ1v) is 12.3. The summed E-state index contributed by atoms with van der Waals surface area (Å²) in [6.45, 7) is 11.7. The molecule has 0 bridgehead atoms. The van der Waals surface area contributed by atoms with Crippen molar-refractivity contribution in [3.63, 3.8) is 0 Å². The van der Waals surface area contributed by atoms with Gasteiger partial charge in [0.1, 0.15) is 5.60 Å². The van der Waals surface area contributed by atoms with Gasteiger partial charge in [0.2, 0.25) is 5.91 Å². The number of aryl methyl sites for hydroxylation is 1. The van der Waals surface area contributed by atoms with Crippen molar-refractivity contribution in [3.05, 3.63) is 34.3 Å². The lowest BCUT2D eigenvalue weighted by Crippen LogP contribution is -2.47. The van der Waals surface area contributed by atoms with Gasteiger partial charge in [-0.1, -0.05) is 38.4 Å². The normalized spacial score (nSPS) is 17.4. The molecule has 2 atom stereocenters. The predicted molar refractivity (Wildman–Crippen MR) is 133 cm³/mol. The number of carbonyl (C=O) groups excluding carboxylic acids is 3. The Hall–Kier alpha value is -2.12. The lowest BCUT2D eigenvalue weighted by Gasteiger charge is -2.34. The number of aliphatic hydroxyl groups is 1. The lowest BCUT2D eigenvalue weighted by molar-refractivity contribution is -0.145. The molecule has 0 unspecified atom stereocenters. The fourth-order valence-corrected chi connectivity index (χ4v) is 4.39. The molecule has 190 valence electrons.